The van der Waals surface area contributed by atoms with Crippen LogP contribution in [-0.2, 0) is 0 Å². The third-order valence-electron chi connectivity index (χ3n) is 18.7. The summed E-state index contributed by atoms with van der Waals surface area (Å²) in [4.78, 5) is 21.1. The van der Waals surface area contributed by atoms with E-state index in [0.29, 0.717) is 11.6 Å². The van der Waals surface area contributed by atoms with Crippen LogP contribution < -0.4 is 0 Å². The number of thiophene rings is 2. The van der Waals surface area contributed by atoms with Crippen LogP contribution in [0.3, 0.4) is 0 Å². The molecule has 18 rings (SSSR count). The van der Waals surface area contributed by atoms with E-state index in [4.69, 9.17) is 19.9 Å². The Morgan fingerprint density at radius 3 is 0.959 bits per heavy atom. The largest absolute Gasteiger partial charge is 0.228 e. The van der Waals surface area contributed by atoms with Gasteiger partial charge in [0.1, 0.15) is 0 Å². The van der Waals surface area contributed by atoms with Crippen LogP contribution in [0.5, 0.6) is 0 Å². The molecule has 14 aromatic carbocycles. The van der Waals surface area contributed by atoms with Crippen LogP contribution in [0, 0.1) is 0 Å². The molecule has 0 amide bonds. The molecule has 98 heavy (non-hydrogen) atoms. The lowest BCUT2D eigenvalue weighted by Crippen LogP contribution is -1.96. The quantitative estimate of drug-likeness (QED) is 0.115. The molecule has 18 aromatic rings. The van der Waals surface area contributed by atoms with E-state index in [2.05, 4.69) is 328 Å². The summed E-state index contributed by atoms with van der Waals surface area (Å²) < 4.78 is 4.85. The van der Waals surface area contributed by atoms with Crippen LogP contribution in [0.4, 0.5) is 0 Å². The van der Waals surface area contributed by atoms with E-state index in [1.54, 1.807) is 0 Å². The molecule has 0 fully saturated rings. The Morgan fingerprint density at radius 1 is 0.163 bits per heavy atom. The van der Waals surface area contributed by atoms with Crippen molar-refractivity contribution in [2.45, 2.75) is 0 Å². The molecule has 0 aliphatic heterocycles. The number of hydrogen-bond acceptors (Lipinski definition) is 6. The standard InChI is InChI=1S/C92H58N4S2/c1-6-20-59(21-7-1)74-52-75(60-22-8-2-9-23-60)54-76(53-74)72-47-49-78-80-35-19-37-82(90(80)98-88(78)56-72)92-94-83(65-24-10-3-11-25-65)57-85(95-92)73-33-17-32-70(51-73)69-31-16-30-68(50-69)63-42-38-61(39-43-63)62-40-44-64(45-41-62)71-46-48-77-79-34-18-36-81(89(79)97-87(77)55-71)86-58-84(66-26-12-4-13-27-66)93-91(96-86)67-28-14-5-15-29-67/h1-58H. The van der Waals surface area contributed by atoms with Crippen molar-refractivity contribution < 1.29 is 0 Å². The van der Waals surface area contributed by atoms with Gasteiger partial charge in [0.2, 0.25) is 0 Å². The van der Waals surface area contributed by atoms with Crippen molar-refractivity contribution in [2.24, 2.45) is 0 Å². The SMILES string of the molecule is c1ccc(-c2cc(-c3ccccc3)cc(-c3ccc4c(c3)sc3c(-c5nc(-c6ccccc6)cc(-c6cccc(-c7cccc(-c8ccc(-c9ccc(-c%10ccc%11c(c%10)sc%10c(-c%12cc(-c%13ccccc%13)nc(-c%13ccccc%13)n%12)cccc%10%11)cc9)cc8)c7)c6)n5)cccc34)c2)cc1. The van der Waals surface area contributed by atoms with Gasteiger partial charge < -0.3 is 0 Å². The van der Waals surface area contributed by atoms with E-state index >= 15 is 0 Å². The first-order valence-electron chi connectivity index (χ1n) is 33.0. The maximum Gasteiger partial charge on any atom is 0.161 e. The van der Waals surface area contributed by atoms with Gasteiger partial charge in [-0.1, -0.05) is 291 Å². The zero-order valence-electron chi connectivity index (χ0n) is 53.1. The molecule has 0 atom stereocenters. The molecule has 0 saturated heterocycles. The maximum absolute atomic E-state index is 5.46. The number of aromatic nitrogens is 4. The van der Waals surface area contributed by atoms with E-state index in [-0.39, 0.29) is 0 Å². The smallest absolute Gasteiger partial charge is 0.161 e. The zero-order chi connectivity index (χ0) is 64.9. The van der Waals surface area contributed by atoms with Crippen LogP contribution in [0.1, 0.15) is 0 Å². The van der Waals surface area contributed by atoms with Crippen LogP contribution in [-0.4, -0.2) is 19.9 Å². The molecule has 0 saturated carbocycles. The highest BCUT2D eigenvalue weighted by Gasteiger charge is 2.20. The third-order valence-corrected chi connectivity index (χ3v) is 21.1. The van der Waals surface area contributed by atoms with Gasteiger partial charge in [0.25, 0.3) is 0 Å². The Labute approximate surface area is 576 Å². The molecule has 0 N–H and O–H groups in total. The molecule has 4 nitrogen and oxygen atoms in total. The second-order valence-electron chi connectivity index (χ2n) is 24.9. The maximum atomic E-state index is 5.46. The fraction of sp³-hybridized carbons (Fsp3) is 0. The lowest BCUT2D eigenvalue weighted by Gasteiger charge is -2.12. The second-order valence-corrected chi connectivity index (χ2v) is 27.0. The van der Waals surface area contributed by atoms with Gasteiger partial charge in [-0.3, -0.25) is 0 Å². The predicted molar refractivity (Wildman–Crippen MR) is 414 cm³/mol. The summed E-state index contributed by atoms with van der Waals surface area (Å²) in [7, 11) is 0. The summed E-state index contributed by atoms with van der Waals surface area (Å²) in [6.07, 6.45) is 0. The molecular weight excluding hydrogens is 1230 g/mol. The predicted octanol–water partition coefficient (Wildman–Crippen LogP) is 25.7. The van der Waals surface area contributed by atoms with E-state index < -0.39 is 0 Å². The van der Waals surface area contributed by atoms with Crippen molar-refractivity contribution in [3.05, 3.63) is 352 Å². The summed E-state index contributed by atoms with van der Waals surface area (Å²) in [5.41, 5.74) is 26.2. The summed E-state index contributed by atoms with van der Waals surface area (Å²) in [5, 5.41) is 4.90. The molecule has 4 heterocycles. The number of rotatable bonds is 13. The molecule has 0 spiro atoms. The summed E-state index contributed by atoms with van der Waals surface area (Å²) in [6, 6.07) is 126. The van der Waals surface area contributed by atoms with E-state index in [9.17, 15) is 0 Å². The summed E-state index contributed by atoms with van der Waals surface area (Å²) in [5.74, 6) is 1.41. The summed E-state index contributed by atoms with van der Waals surface area (Å²) in [6.45, 7) is 0. The van der Waals surface area contributed by atoms with Crippen molar-refractivity contribution in [3.63, 3.8) is 0 Å². The Kier molecular flexibility index (Phi) is 14.9. The molecule has 4 aromatic heterocycles. The first-order valence-corrected chi connectivity index (χ1v) is 34.7. The molecule has 6 heteroatoms. The minimum Gasteiger partial charge on any atom is -0.228 e. The molecular formula is C92H58N4S2. The van der Waals surface area contributed by atoms with Gasteiger partial charge >= 0.3 is 0 Å². The van der Waals surface area contributed by atoms with Gasteiger partial charge in [0, 0.05) is 73.7 Å². The van der Waals surface area contributed by atoms with Crippen molar-refractivity contribution in [3.8, 4) is 146 Å². The summed E-state index contributed by atoms with van der Waals surface area (Å²) >= 11 is 3.64. The van der Waals surface area contributed by atoms with Gasteiger partial charge in [-0.15, -0.1) is 22.7 Å². The fourth-order valence-corrected chi connectivity index (χ4v) is 16.2. The molecule has 0 unspecified atom stereocenters. The van der Waals surface area contributed by atoms with Crippen molar-refractivity contribution >= 4 is 63.0 Å². The monoisotopic (exact) mass is 1280 g/mol. The lowest BCUT2D eigenvalue weighted by atomic mass is 9.93. The van der Waals surface area contributed by atoms with E-state index in [0.717, 1.165) is 78.4 Å². The number of nitrogens with zero attached hydrogens (tertiary/aromatic N) is 4. The van der Waals surface area contributed by atoms with Gasteiger partial charge in [-0.25, -0.2) is 19.9 Å². The molecule has 0 bridgehead atoms. The lowest BCUT2D eigenvalue weighted by molar-refractivity contribution is 1.19. The minimum atomic E-state index is 0.699. The number of hydrogen-bond donors (Lipinski definition) is 0. The average Bonchev–Trinajstić information content (AvgIpc) is 1.62. The third kappa shape index (κ3) is 11.2. The highest BCUT2D eigenvalue weighted by atomic mass is 32.1. The van der Waals surface area contributed by atoms with Crippen LogP contribution in [0.15, 0.2) is 352 Å². The van der Waals surface area contributed by atoms with Gasteiger partial charge in [-0.05, 0) is 139 Å². The fourth-order valence-electron chi connectivity index (χ4n) is 13.7. The van der Waals surface area contributed by atoms with Gasteiger partial charge in [-0.2, -0.15) is 0 Å². The van der Waals surface area contributed by atoms with E-state index in [1.807, 2.05) is 46.9 Å². The average molecular weight is 1280 g/mol. The highest BCUT2D eigenvalue weighted by Crippen LogP contribution is 2.45. The highest BCUT2D eigenvalue weighted by molar-refractivity contribution is 7.26. The Hall–Kier alpha value is -12.3. The molecule has 0 aliphatic rings. The van der Waals surface area contributed by atoms with Crippen molar-refractivity contribution in [1.29, 1.82) is 0 Å². The normalized spacial score (nSPS) is 11.5. The topological polar surface area (TPSA) is 51.6 Å². The minimum absolute atomic E-state index is 0.699. The Balaban J connectivity index is 0.617. The van der Waals surface area contributed by atoms with Gasteiger partial charge in [0.15, 0.2) is 11.6 Å². The van der Waals surface area contributed by atoms with Crippen LogP contribution >= 0.6 is 22.7 Å². The van der Waals surface area contributed by atoms with Crippen LogP contribution in [0.2, 0.25) is 0 Å². The molecule has 0 radical (unpaired) electrons. The van der Waals surface area contributed by atoms with Crippen LogP contribution in [0.25, 0.3) is 186 Å². The van der Waals surface area contributed by atoms with Gasteiger partial charge in [0.05, 0.1) is 22.8 Å². The van der Waals surface area contributed by atoms with Crippen molar-refractivity contribution in [2.75, 3.05) is 0 Å². The molecule has 458 valence electrons. The zero-order valence-corrected chi connectivity index (χ0v) is 54.7. The van der Waals surface area contributed by atoms with E-state index in [1.165, 1.54) is 96.0 Å². The van der Waals surface area contributed by atoms with Crippen molar-refractivity contribution in [1.82, 2.24) is 19.9 Å². The number of fused-ring (bicyclic) bond motifs is 6. The number of benzene rings is 14. The Morgan fingerprint density at radius 2 is 0.459 bits per heavy atom. The molecule has 0 aliphatic carbocycles. The second kappa shape index (κ2) is 25.1. The first kappa shape index (κ1) is 58.3. The Bertz CT molecular complexity index is 5890. The first-order chi connectivity index (χ1) is 48.5.